The van der Waals surface area contributed by atoms with E-state index >= 15 is 0 Å². The van der Waals surface area contributed by atoms with Gasteiger partial charge in [-0.2, -0.15) is 0 Å². The molecule has 0 aliphatic carbocycles. The third-order valence-electron chi connectivity index (χ3n) is 5.81. The zero-order chi connectivity index (χ0) is 24.6. The van der Waals surface area contributed by atoms with Gasteiger partial charge in [0.2, 0.25) is 0 Å². The van der Waals surface area contributed by atoms with Gasteiger partial charge in [0.15, 0.2) is 12.4 Å². The van der Waals surface area contributed by atoms with Gasteiger partial charge < -0.3 is 14.0 Å². The monoisotopic (exact) mass is 523 g/mol. The molecule has 0 fully saturated rings. The summed E-state index contributed by atoms with van der Waals surface area (Å²) in [5.74, 6) is 0.913. The van der Waals surface area contributed by atoms with Crippen molar-refractivity contribution in [2.45, 2.75) is 27.7 Å². The molecule has 0 unspecified atom stereocenters. The predicted molar refractivity (Wildman–Crippen MR) is 136 cm³/mol. The smallest absolute Gasteiger partial charge is 0.276 e. The summed E-state index contributed by atoms with van der Waals surface area (Å²) in [6, 6.07) is 15.2. The van der Waals surface area contributed by atoms with E-state index in [1.54, 1.807) is 18.7 Å². The number of methoxy groups -OCH3 is 1. The Kier molecular flexibility index (Phi) is 6.52. The zero-order valence-corrected chi connectivity index (χ0v) is 21.3. The van der Waals surface area contributed by atoms with E-state index in [2.05, 4.69) is 21.4 Å². The first-order valence-electron chi connectivity index (χ1n) is 10.8. The lowest BCUT2D eigenvalue weighted by atomic mass is 10.1. The number of hydrogen-bond donors (Lipinski definition) is 1. The number of aryl methyl sites for hydroxylation is 2. The lowest BCUT2D eigenvalue weighted by Gasteiger charge is -2.13. The largest absolute Gasteiger partial charge is 0.497 e. The van der Waals surface area contributed by atoms with Gasteiger partial charge in [-0.25, -0.2) is 0 Å². The molecule has 0 bridgehead atoms. The van der Waals surface area contributed by atoms with E-state index < -0.39 is 0 Å². The summed E-state index contributed by atoms with van der Waals surface area (Å²) in [5.41, 5.74) is 7.89. The van der Waals surface area contributed by atoms with Crippen LogP contribution >= 0.6 is 15.9 Å². The van der Waals surface area contributed by atoms with Crippen LogP contribution in [0.2, 0.25) is 0 Å². The maximum Gasteiger partial charge on any atom is 0.276 e. The minimum Gasteiger partial charge on any atom is -0.497 e. The highest BCUT2D eigenvalue weighted by molar-refractivity contribution is 9.10. The number of fused-ring (bicyclic) bond motifs is 1. The second-order valence-corrected chi connectivity index (χ2v) is 8.98. The van der Waals surface area contributed by atoms with Crippen LogP contribution in [0.25, 0.3) is 16.6 Å². The molecule has 2 aromatic carbocycles. The van der Waals surface area contributed by atoms with Crippen molar-refractivity contribution in [3.63, 3.8) is 0 Å². The highest BCUT2D eigenvalue weighted by atomic mass is 79.9. The van der Waals surface area contributed by atoms with Crippen molar-refractivity contribution in [1.82, 2.24) is 9.24 Å². The second-order valence-electron chi connectivity index (χ2n) is 8.12. The Labute approximate surface area is 206 Å². The molecule has 8 heteroatoms. The fourth-order valence-corrected chi connectivity index (χ4v) is 4.63. The first kappa shape index (κ1) is 23.6. The molecule has 176 valence electrons. The van der Waals surface area contributed by atoms with E-state index in [0.29, 0.717) is 15.8 Å². The molecule has 0 atom stereocenters. The molecule has 0 spiro atoms. The maximum absolute atomic E-state index is 12.6. The third-order valence-corrected chi connectivity index (χ3v) is 6.43. The molecule has 4 rings (SSSR count). The van der Waals surface area contributed by atoms with E-state index in [1.165, 1.54) is 0 Å². The summed E-state index contributed by atoms with van der Waals surface area (Å²) in [6.07, 6.45) is 0. The Balaban J connectivity index is 1.68. The molecular formula is C26H26BrN3O4. The van der Waals surface area contributed by atoms with Gasteiger partial charge in [0.25, 0.3) is 5.91 Å². The number of aromatic nitrogens is 2. The molecule has 4 aromatic rings. The molecule has 0 saturated carbocycles. The summed E-state index contributed by atoms with van der Waals surface area (Å²) in [5, 5.41) is 0.761. The molecule has 0 aliphatic rings. The highest BCUT2D eigenvalue weighted by Crippen LogP contribution is 2.37. The number of hydrogen-bond acceptors (Lipinski definition) is 4. The number of ketones is 1. The van der Waals surface area contributed by atoms with Crippen molar-refractivity contribution in [3.8, 4) is 17.2 Å². The zero-order valence-electron chi connectivity index (χ0n) is 19.7. The van der Waals surface area contributed by atoms with E-state index in [-0.39, 0.29) is 18.3 Å². The lowest BCUT2D eigenvalue weighted by Crippen LogP contribution is -2.29. The summed E-state index contributed by atoms with van der Waals surface area (Å²) >= 11 is 3.57. The molecule has 0 saturated heterocycles. The van der Waals surface area contributed by atoms with Gasteiger partial charge in [-0.05, 0) is 92.2 Å². The Hall–Kier alpha value is -3.52. The molecule has 2 aromatic heterocycles. The number of carbonyl (C=O) groups is 2. The number of benzene rings is 2. The number of rotatable bonds is 7. The van der Waals surface area contributed by atoms with Gasteiger partial charge in [0, 0.05) is 33.7 Å². The first-order chi connectivity index (χ1) is 16.2. The molecule has 34 heavy (non-hydrogen) atoms. The number of carbonyl (C=O) groups excluding carboxylic acids is 2. The van der Waals surface area contributed by atoms with Crippen LogP contribution in [-0.2, 0) is 4.79 Å². The third kappa shape index (κ3) is 4.33. The van der Waals surface area contributed by atoms with Crippen molar-refractivity contribution in [3.05, 3.63) is 75.6 Å². The highest BCUT2D eigenvalue weighted by Gasteiger charge is 2.21. The number of halogens is 1. The summed E-state index contributed by atoms with van der Waals surface area (Å²) < 4.78 is 15.6. The number of ether oxygens (including phenoxy) is 2. The van der Waals surface area contributed by atoms with E-state index in [1.807, 2.05) is 73.9 Å². The molecule has 1 N–H and O–H groups in total. The van der Waals surface area contributed by atoms with E-state index in [0.717, 1.165) is 39.4 Å². The number of amides is 1. The van der Waals surface area contributed by atoms with Crippen LogP contribution in [0.4, 0.5) is 0 Å². The molecular weight excluding hydrogens is 498 g/mol. The minimum absolute atomic E-state index is 0.0423. The van der Waals surface area contributed by atoms with Gasteiger partial charge in [-0.1, -0.05) is 0 Å². The Bertz CT molecular complexity index is 1380. The SMILES string of the molecule is COc1ccc(-n2c(C)c(C(C)=O)c3cc(OCC(=O)Nn4c(C)ccc4C)c(Br)cc32)cc1. The fraction of sp³-hybridized carbons (Fsp3) is 0.231. The van der Waals surface area contributed by atoms with E-state index in [4.69, 9.17) is 9.47 Å². The normalized spacial score (nSPS) is 11.0. The van der Waals surface area contributed by atoms with Crippen molar-refractivity contribution in [2.24, 2.45) is 0 Å². The molecule has 2 heterocycles. The minimum atomic E-state index is -0.284. The van der Waals surface area contributed by atoms with Crippen LogP contribution in [-0.4, -0.2) is 34.7 Å². The first-order valence-corrected chi connectivity index (χ1v) is 11.6. The van der Waals surface area contributed by atoms with Crippen LogP contribution in [0.1, 0.15) is 34.4 Å². The summed E-state index contributed by atoms with van der Waals surface area (Å²) in [7, 11) is 1.62. The van der Waals surface area contributed by atoms with Gasteiger partial charge in [-0.15, -0.1) is 0 Å². The van der Waals surface area contributed by atoms with Crippen molar-refractivity contribution >= 4 is 38.5 Å². The van der Waals surface area contributed by atoms with Gasteiger partial charge in [-0.3, -0.25) is 19.7 Å². The molecule has 0 radical (unpaired) electrons. The predicted octanol–water partition coefficient (Wildman–Crippen LogP) is 5.48. The second kappa shape index (κ2) is 9.38. The van der Waals surface area contributed by atoms with Crippen LogP contribution < -0.4 is 14.9 Å². The average Bonchev–Trinajstić information content (AvgIpc) is 3.27. The Morgan fingerprint density at radius 1 is 1.00 bits per heavy atom. The number of nitrogens with one attached hydrogen (secondary N) is 1. The maximum atomic E-state index is 12.6. The Morgan fingerprint density at radius 2 is 1.65 bits per heavy atom. The summed E-state index contributed by atoms with van der Waals surface area (Å²) in [6.45, 7) is 7.13. The standard InChI is InChI=1S/C26H26BrN3O4/c1-15-6-7-16(2)30(15)28-25(32)14-34-24-12-21-23(13-22(24)27)29(17(3)26(21)18(4)31)19-8-10-20(33-5)11-9-19/h6-13H,14H2,1-5H3,(H,28,32). The van der Waals surface area contributed by atoms with E-state index in [9.17, 15) is 9.59 Å². The molecule has 7 nitrogen and oxygen atoms in total. The van der Waals surface area contributed by atoms with Gasteiger partial charge in [0.05, 0.1) is 17.1 Å². The van der Waals surface area contributed by atoms with Gasteiger partial charge >= 0.3 is 0 Å². The van der Waals surface area contributed by atoms with Gasteiger partial charge in [0.1, 0.15) is 11.5 Å². The topological polar surface area (TPSA) is 74.5 Å². The Morgan fingerprint density at radius 3 is 2.24 bits per heavy atom. The summed E-state index contributed by atoms with van der Waals surface area (Å²) in [4.78, 5) is 25.1. The number of Topliss-reactive ketones (excluding diaryl/α,β-unsaturated/α-hetero) is 1. The van der Waals surface area contributed by atoms with Crippen molar-refractivity contribution in [2.75, 3.05) is 19.1 Å². The van der Waals surface area contributed by atoms with Crippen LogP contribution in [0, 0.1) is 20.8 Å². The van der Waals surface area contributed by atoms with Crippen LogP contribution in [0.3, 0.4) is 0 Å². The lowest BCUT2D eigenvalue weighted by molar-refractivity contribution is -0.119. The number of nitrogens with zero attached hydrogens (tertiary/aromatic N) is 2. The van der Waals surface area contributed by atoms with Crippen LogP contribution in [0.15, 0.2) is 53.0 Å². The average molecular weight is 524 g/mol. The van der Waals surface area contributed by atoms with Crippen molar-refractivity contribution in [1.29, 1.82) is 0 Å². The fourth-order valence-electron chi connectivity index (χ4n) is 4.18. The van der Waals surface area contributed by atoms with Crippen LogP contribution in [0.5, 0.6) is 11.5 Å². The molecule has 1 amide bonds. The van der Waals surface area contributed by atoms with Crippen molar-refractivity contribution < 1.29 is 19.1 Å². The quantitative estimate of drug-likeness (QED) is 0.325. The molecule has 0 aliphatic heterocycles.